The lowest BCUT2D eigenvalue weighted by molar-refractivity contribution is 0.624. The predicted molar refractivity (Wildman–Crippen MR) is 69.5 cm³/mol. The standard InChI is InChI=1S/C13H15FN2S/c1-9(2)7-11-8-13(17)16(15-11)12-5-3-10(14)4-6-12/h3-6,8-9,15H,7H2,1-2H3. The van der Waals surface area contributed by atoms with Gasteiger partial charge in [-0.2, -0.15) is 0 Å². The molecule has 1 aromatic heterocycles. The zero-order valence-electron chi connectivity index (χ0n) is 9.90. The molecule has 0 unspecified atom stereocenters. The van der Waals surface area contributed by atoms with Crippen molar-refractivity contribution in [3.8, 4) is 5.69 Å². The lowest BCUT2D eigenvalue weighted by Crippen LogP contribution is -1.99. The van der Waals surface area contributed by atoms with Crippen molar-refractivity contribution in [2.45, 2.75) is 20.3 Å². The van der Waals surface area contributed by atoms with Crippen LogP contribution in [0.1, 0.15) is 19.5 Å². The van der Waals surface area contributed by atoms with Crippen LogP contribution in [0.2, 0.25) is 0 Å². The van der Waals surface area contributed by atoms with Gasteiger partial charge >= 0.3 is 0 Å². The van der Waals surface area contributed by atoms with Crippen molar-refractivity contribution >= 4 is 12.2 Å². The second-order valence-corrected chi connectivity index (χ2v) is 4.95. The molecule has 2 aromatic rings. The normalized spacial score (nSPS) is 11.1. The minimum Gasteiger partial charge on any atom is -0.297 e. The summed E-state index contributed by atoms with van der Waals surface area (Å²) in [4.78, 5) is 0. The maximum absolute atomic E-state index is 12.8. The molecule has 0 radical (unpaired) electrons. The van der Waals surface area contributed by atoms with Crippen LogP contribution >= 0.6 is 12.2 Å². The summed E-state index contributed by atoms with van der Waals surface area (Å²) in [6.07, 6.45) is 0.956. The summed E-state index contributed by atoms with van der Waals surface area (Å²) < 4.78 is 15.3. The van der Waals surface area contributed by atoms with E-state index in [-0.39, 0.29) is 5.82 Å². The van der Waals surface area contributed by atoms with E-state index in [1.165, 1.54) is 12.1 Å². The van der Waals surface area contributed by atoms with Crippen molar-refractivity contribution in [3.63, 3.8) is 0 Å². The number of aromatic nitrogens is 2. The zero-order chi connectivity index (χ0) is 12.4. The summed E-state index contributed by atoms with van der Waals surface area (Å²) in [5.74, 6) is 0.332. The number of rotatable bonds is 3. The SMILES string of the molecule is CC(C)Cc1cc(=S)n(-c2ccc(F)cc2)[nH]1. The largest absolute Gasteiger partial charge is 0.297 e. The van der Waals surface area contributed by atoms with Crippen LogP contribution in [0.3, 0.4) is 0 Å². The van der Waals surface area contributed by atoms with Crippen LogP contribution in [0.4, 0.5) is 4.39 Å². The predicted octanol–water partition coefficient (Wildman–Crippen LogP) is 3.87. The molecule has 90 valence electrons. The van der Waals surface area contributed by atoms with Crippen molar-refractivity contribution < 1.29 is 4.39 Å². The van der Waals surface area contributed by atoms with Gasteiger partial charge in [-0.15, -0.1) is 0 Å². The number of nitrogens with zero attached hydrogens (tertiary/aromatic N) is 1. The molecular weight excluding hydrogens is 235 g/mol. The Morgan fingerprint density at radius 1 is 1.29 bits per heavy atom. The summed E-state index contributed by atoms with van der Waals surface area (Å²) in [6, 6.07) is 8.24. The fourth-order valence-corrected chi connectivity index (χ4v) is 2.06. The Hall–Kier alpha value is -1.42. The van der Waals surface area contributed by atoms with Crippen molar-refractivity contribution in [1.82, 2.24) is 9.78 Å². The molecule has 0 fully saturated rings. The van der Waals surface area contributed by atoms with Gasteiger partial charge in [0.15, 0.2) is 0 Å². The van der Waals surface area contributed by atoms with Gasteiger partial charge in [0.05, 0.1) is 5.69 Å². The third-order valence-electron chi connectivity index (χ3n) is 2.49. The van der Waals surface area contributed by atoms with Gasteiger partial charge < -0.3 is 0 Å². The van der Waals surface area contributed by atoms with Gasteiger partial charge in [0.25, 0.3) is 0 Å². The Morgan fingerprint density at radius 2 is 1.94 bits per heavy atom. The Morgan fingerprint density at radius 3 is 2.53 bits per heavy atom. The first kappa shape index (κ1) is 12.0. The summed E-state index contributed by atoms with van der Waals surface area (Å²) in [5.41, 5.74) is 1.96. The fraction of sp³-hybridized carbons (Fsp3) is 0.308. The number of halogens is 1. The van der Waals surface area contributed by atoms with Crippen molar-refractivity contribution in [3.05, 3.63) is 46.5 Å². The highest BCUT2D eigenvalue weighted by Gasteiger charge is 2.04. The van der Waals surface area contributed by atoms with Crippen molar-refractivity contribution in [1.29, 1.82) is 0 Å². The Balaban J connectivity index is 2.36. The molecule has 0 atom stereocenters. The summed E-state index contributed by atoms with van der Waals surface area (Å²) in [5, 5.41) is 3.24. The number of hydrogen-bond acceptors (Lipinski definition) is 1. The molecule has 0 aliphatic heterocycles. The first-order valence-corrected chi connectivity index (χ1v) is 6.04. The number of hydrogen-bond donors (Lipinski definition) is 1. The van der Waals surface area contributed by atoms with E-state index in [1.807, 2.05) is 6.07 Å². The van der Waals surface area contributed by atoms with Gasteiger partial charge in [0.1, 0.15) is 10.5 Å². The molecule has 1 heterocycles. The fourth-order valence-electron chi connectivity index (χ4n) is 1.77. The first-order valence-electron chi connectivity index (χ1n) is 5.63. The average molecular weight is 250 g/mol. The monoisotopic (exact) mass is 250 g/mol. The lowest BCUT2D eigenvalue weighted by atomic mass is 10.1. The first-order chi connectivity index (χ1) is 8.06. The minimum absolute atomic E-state index is 0.241. The molecule has 4 heteroatoms. The van der Waals surface area contributed by atoms with E-state index < -0.39 is 0 Å². The van der Waals surface area contributed by atoms with Gasteiger partial charge in [0.2, 0.25) is 0 Å². The van der Waals surface area contributed by atoms with Gasteiger partial charge in [-0.25, -0.2) is 9.07 Å². The van der Waals surface area contributed by atoms with Crippen LogP contribution in [-0.4, -0.2) is 9.78 Å². The van der Waals surface area contributed by atoms with Crippen LogP contribution in [0.5, 0.6) is 0 Å². The summed E-state index contributed by atoms with van der Waals surface area (Å²) in [7, 11) is 0. The molecule has 0 saturated heterocycles. The van der Waals surface area contributed by atoms with Crippen LogP contribution in [0.15, 0.2) is 30.3 Å². The molecular formula is C13H15FN2S. The van der Waals surface area contributed by atoms with Gasteiger partial charge in [-0.3, -0.25) is 5.10 Å². The number of nitrogens with one attached hydrogen (secondary N) is 1. The molecule has 0 amide bonds. The van der Waals surface area contributed by atoms with Gasteiger partial charge in [-0.1, -0.05) is 26.1 Å². The molecule has 0 saturated carbocycles. The highest BCUT2D eigenvalue weighted by molar-refractivity contribution is 7.71. The maximum Gasteiger partial charge on any atom is 0.127 e. The topological polar surface area (TPSA) is 20.7 Å². The van der Waals surface area contributed by atoms with Crippen LogP contribution in [0.25, 0.3) is 5.69 Å². The van der Waals surface area contributed by atoms with E-state index in [0.29, 0.717) is 10.6 Å². The Kier molecular flexibility index (Phi) is 3.43. The molecule has 17 heavy (non-hydrogen) atoms. The molecule has 1 N–H and O–H groups in total. The third-order valence-corrected chi connectivity index (χ3v) is 2.79. The summed E-state index contributed by atoms with van der Waals surface area (Å²) in [6.45, 7) is 4.32. The van der Waals surface area contributed by atoms with Crippen molar-refractivity contribution in [2.75, 3.05) is 0 Å². The molecule has 0 spiro atoms. The van der Waals surface area contributed by atoms with E-state index in [2.05, 4.69) is 18.9 Å². The second-order valence-electron chi connectivity index (χ2n) is 4.53. The summed E-state index contributed by atoms with van der Waals surface area (Å²) >= 11 is 5.28. The van der Waals surface area contributed by atoms with E-state index in [1.54, 1.807) is 16.8 Å². The number of aromatic amines is 1. The number of benzene rings is 1. The van der Waals surface area contributed by atoms with E-state index in [0.717, 1.165) is 17.8 Å². The van der Waals surface area contributed by atoms with Crippen LogP contribution in [-0.2, 0) is 6.42 Å². The third kappa shape index (κ3) is 2.82. The van der Waals surface area contributed by atoms with Gasteiger partial charge in [0, 0.05) is 5.69 Å². The van der Waals surface area contributed by atoms with E-state index in [9.17, 15) is 4.39 Å². The lowest BCUT2D eigenvalue weighted by Gasteiger charge is -2.04. The zero-order valence-corrected chi connectivity index (χ0v) is 10.7. The molecule has 2 nitrogen and oxygen atoms in total. The smallest absolute Gasteiger partial charge is 0.127 e. The average Bonchev–Trinajstić information content (AvgIpc) is 2.59. The van der Waals surface area contributed by atoms with Crippen LogP contribution in [0, 0.1) is 16.4 Å². The molecule has 0 aliphatic carbocycles. The highest BCUT2D eigenvalue weighted by Crippen LogP contribution is 2.12. The van der Waals surface area contributed by atoms with Crippen LogP contribution < -0.4 is 0 Å². The second kappa shape index (κ2) is 4.84. The molecule has 0 bridgehead atoms. The Bertz CT molecular complexity index is 552. The molecule has 0 aliphatic rings. The molecule has 2 rings (SSSR count). The highest BCUT2D eigenvalue weighted by atomic mass is 32.1. The van der Waals surface area contributed by atoms with Crippen molar-refractivity contribution in [2.24, 2.45) is 5.92 Å². The molecule has 1 aromatic carbocycles. The van der Waals surface area contributed by atoms with E-state index >= 15 is 0 Å². The van der Waals surface area contributed by atoms with E-state index in [4.69, 9.17) is 12.2 Å². The number of H-pyrrole nitrogens is 1. The van der Waals surface area contributed by atoms with Gasteiger partial charge in [-0.05, 0) is 42.7 Å². The minimum atomic E-state index is -0.241. The Labute approximate surface area is 105 Å². The maximum atomic E-state index is 12.8. The quantitative estimate of drug-likeness (QED) is 0.820.